The molecule has 0 amide bonds. The molecule has 0 saturated heterocycles. The van der Waals surface area contributed by atoms with E-state index in [1.165, 1.54) is 19.1 Å². The number of benzene rings is 2. The summed E-state index contributed by atoms with van der Waals surface area (Å²) in [6, 6.07) is 6.23. The van der Waals surface area contributed by atoms with Gasteiger partial charge in [0.25, 0.3) is 0 Å². The molecule has 0 saturated carbocycles. The lowest BCUT2D eigenvalue weighted by Gasteiger charge is -2.21. The molecule has 0 aliphatic carbocycles. The summed E-state index contributed by atoms with van der Waals surface area (Å²) in [5.74, 6) is -1.85. The van der Waals surface area contributed by atoms with Crippen LogP contribution >= 0.6 is 19.2 Å². The minimum absolute atomic E-state index is 0.00885. The van der Waals surface area contributed by atoms with Crippen LogP contribution < -0.4 is 15.2 Å². The van der Waals surface area contributed by atoms with E-state index in [0.717, 1.165) is 35.6 Å². The van der Waals surface area contributed by atoms with Crippen LogP contribution in [-0.2, 0) is 20.8 Å². The lowest BCUT2D eigenvalue weighted by Crippen LogP contribution is -2.37. The zero-order chi connectivity index (χ0) is 28.8. The van der Waals surface area contributed by atoms with E-state index in [0.29, 0.717) is 19.3 Å². The SMILES string of the molecule is C[C@](N)(COP(=O)(O)O)c1nnc(-c2ccc(OCCCCCOc3cc(F)cc(F)c3)c(C(F)(F)F)c2)s1. The highest BCUT2D eigenvalue weighted by atomic mass is 32.1. The van der Waals surface area contributed by atoms with E-state index < -0.39 is 43.3 Å². The van der Waals surface area contributed by atoms with Crippen LogP contribution in [0.1, 0.15) is 36.8 Å². The Kier molecular flexibility index (Phi) is 10.0. The number of rotatable bonds is 13. The van der Waals surface area contributed by atoms with Crippen molar-refractivity contribution in [2.24, 2.45) is 5.73 Å². The summed E-state index contributed by atoms with van der Waals surface area (Å²) < 4.78 is 93.6. The van der Waals surface area contributed by atoms with Crippen molar-refractivity contribution in [1.82, 2.24) is 10.2 Å². The Morgan fingerprint density at radius 1 is 0.974 bits per heavy atom. The summed E-state index contributed by atoms with van der Waals surface area (Å²) in [5.41, 5.74) is 3.62. The predicted molar refractivity (Wildman–Crippen MR) is 131 cm³/mol. The number of phosphoric acid groups is 1. The number of alkyl halides is 3. The smallest absolute Gasteiger partial charge is 0.469 e. The zero-order valence-electron chi connectivity index (χ0n) is 20.5. The van der Waals surface area contributed by atoms with Crippen LogP contribution in [0, 0.1) is 11.6 Å². The van der Waals surface area contributed by atoms with E-state index in [4.69, 9.17) is 25.0 Å². The number of nitrogens with zero attached hydrogens (tertiary/aromatic N) is 2. The standard InChI is InChI=1S/C23H25F5N3O6PS/c1-22(29,13-37-38(32,33)34)21-31-30-20(39-21)14-5-6-19(18(9-14)23(26,27)28)36-8-4-2-3-7-35-17-11-15(24)10-16(25)12-17/h5-6,9-12H,2-4,7-8,13,29H2,1H3,(H2,32,33,34)/t22-/m0/s1. The molecule has 1 heterocycles. The van der Waals surface area contributed by atoms with Crippen LogP contribution in [-0.4, -0.2) is 39.8 Å². The van der Waals surface area contributed by atoms with Crippen molar-refractivity contribution in [3.8, 4) is 22.1 Å². The molecule has 3 rings (SSSR count). The van der Waals surface area contributed by atoms with E-state index in [1.807, 2.05) is 0 Å². The monoisotopic (exact) mass is 597 g/mol. The van der Waals surface area contributed by atoms with Crippen molar-refractivity contribution in [2.45, 2.75) is 37.9 Å². The van der Waals surface area contributed by atoms with Gasteiger partial charge in [-0.15, -0.1) is 10.2 Å². The predicted octanol–water partition coefficient (Wildman–Crippen LogP) is 5.41. The second-order valence-corrected chi connectivity index (χ2v) is 10.9. The fourth-order valence-corrected chi connectivity index (χ4v) is 4.55. The molecule has 0 aliphatic heterocycles. The van der Waals surface area contributed by atoms with Crippen LogP contribution in [0.25, 0.3) is 10.6 Å². The second kappa shape index (κ2) is 12.7. The Hall–Kier alpha value is -2.68. The van der Waals surface area contributed by atoms with Gasteiger partial charge in [0.2, 0.25) is 0 Å². The molecule has 16 heteroatoms. The lowest BCUT2D eigenvalue weighted by atomic mass is 10.1. The molecule has 9 nitrogen and oxygen atoms in total. The third-order valence-corrected chi connectivity index (χ3v) is 6.85. The number of unbranched alkanes of at least 4 members (excludes halogenated alkanes) is 2. The molecule has 0 unspecified atom stereocenters. The van der Waals surface area contributed by atoms with Gasteiger partial charge in [0.15, 0.2) is 0 Å². The highest BCUT2D eigenvalue weighted by Gasteiger charge is 2.35. The molecule has 0 fully saturated rings. The summed E-state index contributed by atoms with van der Waals surface area (Å²) in [4.78, 5) is 17.7. The van der Waals surface area contributed by atoms with E-state index in [9.17, 15) is 26.5 Å². The van der Waals surface area contributed by atoms with Crippen molar-refractivity contribution in [3.05, 3.63) is 58.6 Å². The van der Waals surface area contributed by atoms with Crippen LogP contribution in [0.15, 0.2) is 36.4 Å². The van der Waals surface area contributed by atoms with Gasteiger partial charge < -0.3 is 25.0 Å². The average Bonchev–Trinajstić information content (AvgIpc) is 3.32. The third-order valence-electron chi connectivity index (χ3n) is 5.13. The Bertz CT molecular complexity index is 1300. The quantitative estimate of drug-likeness (QED) is 0.134. The molecule has 4 N–H and O–H groups in total. The topological polar surface area (TPSA) is 137 Å². The summed E-state index contributed by atoms with van der Waals surface area (Å²) in [7, 11) is -4.79. The van der Waals surface area contributed by atoms with Gasteiger partial charge in [-0.25, -0.2) is 13.3 Å². The summed E-state index contributed by atoms with van der Waals surface area (Å²) in [6.45, 7) is 0.952. The van der Waals surface area contributed by atoms with Crippen molar-refractivity contribution >= 4 is 19.2 Å². The van der Waals surface area contributed by atoms with Gasteiger partial charge in [0.1, 0.15) is 33.1 Å². The molecule has 1 aromatic heterocycles. The number of ether oxygens (including phenoxy) is 2. The van der Waals surface area contributed by atoms with Gasteiger partial charge in [-0.2, -0.15) is 13.2 Å². The van der Waals surface area contributed by atoms with Gasteiger partial charge in [-0.3, -0.25) is 4.52 Å². The molecule has 1 atom stereocenters. The summed E-state index contributed by atoms with van der Waals surface area (Å²) in [5, 5.41) is 7.91. The second-order valence-electron chi connectivity index (χ2n) is 8.67. The number of hydrogen-bond acceptors (Lipinski definition) is 8. The van der Waals surface area contributed by atoms with Crippen molar-refractivity contribution < 1.29 is 50.3 Å². The molecule has 0 radical (unpaired) electrons. The maximum absolute atomic E-state index is 13.8. The minimum Gasteiger partial charge on any atom is -0.493 e. The van der Waals surface area contributed by atoms with E-state index >= 15 is 0 Å². The van der Waals surface area contributed by atoms with Crippen LogP contribution in [0.3, 0.4) is 0 Å². The molecule has 214 valence electrons. The maximum atomic E-state index is 13.8. The van der Waals surface area contributed by atoms with Gasteiger partial charge in [0, 0.05) is 23.8 Å². The fourth-order valence-electron chi connectivity index (χ4n) is 3.23. The Morgan fingerprint density at radius 3 is 2.23 bits per heavy atom. The first-order chi connectivity index (χ1) is 18.1. The van der Waals surface area contributed by atoms with Gasteiger partial charge in [-0.05, 0) is 44.4 Å². The maximum Gasteiger partial charge on any atom is 0.469 e. The molecule has 39 heavy (non-hydrogen) atoms. The average molecular weight is 597 g/mol. The van der Waals surface area contributed by atoms with E-state index in [2.05, 4.69) is 14.7 Å². The molecular formula is C23H25F5N3O6PS. The molecular weight excluding hydrogens is 572 g/mol. The Morgan fingerprint density at radius 2 is 1.62 bits per heavy atom. The van der Waals surface area contributed by atoms with Crippen LogP contribution in [0.2, 0.25) is 0 Å². The van der Waals surface area contributed by atoms with Gasteiger partial charge in [0.05, 0.1) is 30.9 Å². The zero-order valence-corrected chi connectivity index (χ0v) is 22.2. The minimum atomic E-state index is -4.79. The lowest BCUT2D eigenvalue weighted by molar-refractivity contribution is -0.138. The molecule has 0 spiro atoms. The molecule has 2 aromatic carbocycles. The van der Waals surface area contributed by atoms with Crippen molar-refractivity contribution in [3.63, 3.8) is 0 Å². The first-order valence-corrected chi connectivity index (χ1v) is 13.7. The highest BCUT2D eigenvalue weighted by Crippen LogP contribution is 2.41. The number of aromatic nitrogens is 2. The van der Waals surface area contributed by atoms with Crippen LogP contribution in [0.4, 0.5) is 22.0 Å². The number of phosphoric ester groups is 1. The molecule has 0 bridgehead atoms. The number of hydrogen-bond donors (Lipinski definition) is 3. The van der Waals surface area contributed by atoms with E-state index in [1.54, 1.807) is 0 Å². The fraction of sp³-hybridized carbons (Fsp3) is 0.391. The van der Waals surface area contributed by atoms with Crippen molar-refractivity contribution in [1.29, 1.82) is 0 Å². The largest absolute Gasteiger partial charge is 0.493 e. The first kappa shape index (κ1) is 30.9. The normalized spacial score (nSPS) is 13.8. The van der Waals surface area contributed by atoms with Gasteiger partial charge >= 0.3 is 14.0 Å². The number of halogens is 5. The Balaban J connectivity index is 1.58. The Labute approximate surface area is 224 Å². The van der Waals surface area contributed by atoms with Crippen LogP contribution in [0.5, 0.6) is 11.5 Å². The van der Waals surface area contributed by atoms with Crippen molar-refractivity contribution in [2.75, 3.05) is 19.8 Å². The third kappa shape index (κ3) is 9.48. The number of nitrogens with two attached hydrogens (primary N) is 1. The van der Waals surface area contributed by atoms with Gasteiger partial charge in [-0.1, -0.05) is 11.3 Å². The molecule has 0 aliphatic rings. The van der Waals surface area contributed by atoms with E-state index in [-0.39, 0.29) is 40.3 Å². The summed E-state index contributed by atoms with van der Waals surface area (Å²) >= 11 is 0.856. The first-order valence-electron chi connectivity index (χ1n) is 11.4. The summed E-state index contributed by atoms with van der Waals surface area (Å²) in [6.07, 6.45) is -3.29. The highest BCUT2D eigenvalue weighted by molar-refractivity contribution is 7.46. The molecule has 3 aromatic rings.